The van der Waals surface area contributed by atoms with Gasteiger partial charge in [0.1, 0.15) is 6.33 Å². The Morgan fingerprint density at radius 2 is 1.84 bits per heavy atom. The smallest absolute Gasteiger partial charge is 0.116 e. The second-order valence-electron chi connectivity index (χ2n) is 5.98. The van der Waals surface area contributed by atoms with Crippen LogP contribution in [0, 0.1) is 3.57 Å². The van der Waals surface area contributed by atoms with Crippen LogP contribution in [0.1, 0.15) is 5.69 Å². The van der Waals surface area contributed by atoms with Gasteiger partial charge >= 0.3 is 0 Å². The maximum absolute atomic E-state index is 5.41. The maximum Gasteiger partial charge on any atom is 0.116 e. The van der Waals surface area contributed by atoms with Crippen molar-refractivity contribution in [2.75, 3.05) is 36.5 Å². The Kier molecular flexibility index (Phi) is 4.98. The molecule has 4 rings (SSSR count). The number of halogens is 1. The predicted octanol–water partition coefficient (Wildman–Crippen LogP) is 3.68. The van der Waals surface area contributed by atoms with Gasteiger partial charge in [0.15, 0.2) is 0 Å². The normalized spacial score (nSPS) is 14.7. The van der Waals surface area contributed by atoms with E-state index in [1.807, 2.05) is 6.07 Å². The van der Waals surface area contributed by atoms with Gasteiger partial charge in [-0.2, -0.15) is 0 Å². The molecule has 1 aliphatic heterocycles. The molecule has 0 aliphatic carbocycles. The Labute approximate surface area is 160 Å². The molecular weight excluding hydrogens is 427 g/mol. The Bertz CT molecular complexity index is 863. The summed E-state index contributed by atoms with van der Waals surface area (Å²) in [6, 6.07) is 14.8. The van der Waals surface area contributed by atoms with Gasteiger partial charge in [-0.25, -0.2) is 9.97 Å². The van der Waals surface area contributed by atoms with Gasteiger partial charge in [0.25, 0.3) is 0 Å². The molecule has 128 valence electrons. The van der Waals surface area contributed by atoms with Gasteiger partial charge in [-0.05, 0) is 65.1 Å². The first-order chi connectivity index (χ1) is 12.3. The summed E-state index contributed by atoms with van der Waals surface area (Å²) in [7, 11) is 0. The van der Waals surface area contributed by atoms with Crippen LogP contribution in [0.5, 0.6) is 0 Å². The second-order valence-corrected chi connectivity index (χ2v) is 7.23. The average Bonchev–Trinajstić information content (AvgIpc) is 2.67. The lowest BCUT2D eigenvalue weighted by Crippen LogP contribution is -2.36. The summed E-state index contributed by atoms with van der Waals surface area (Å²) < 4.78 is 6.60. The van der Waals surface area contributed by atoms with Crippen LogP contribution in [0.3, 0.4) is 0 Å². The minimum atomic E-state index is 0.677. The largest absolute Gasteiger partial charge is 0.379 e. The molecule has 1 aromatic heterocycles. The number of nitrogens with one attached hydrogen (secondary N) is 1. The number of nitrogens with zero attached hydrogens (tertiary/aromatic N) is 3. The molecule has 0 atom stereocenters. The third-order valence-electron chi connectivity index (χ3n) is 4.38. The first kappa shape index (κ1) is 16.5. The van der Waals surface area contributed by atoms with Gasteiger partial charge in [0.05, 0.1) is 31.0 Å². The van der Waals surface area contributed by atoms with E-state index < -0.39 is 0 Å². The molecule has 25 heavy (non-hydrogen) atoms. The molecule has 0 saturated carbocycles. The summed E-state index contributed by atoms with van der Waals surface area (Å²) in [5.41, 5.74) is 4.33. The molecule has 5 nitrogen and oxygen atoms in total. The molecule has 1 N–H and O–H groups in total. The van der Waals surface area contributed by atoms with Crippen LogP contribution < -0.4 is 10.2 Å². The molecule has 1 aliphatic rings. The molecule has 0 radical (unpaired) electrons. The predicted molar refractivity (Wildman–Crippen MR) is 109 cm³/mol. The summed E-state index contributed by atoms with van der Waals surface area (Å²) in [6.07, 6.45) is 1.63. The molecule has 0 amide bonds. The highest BCUT2D eigenvalue weighted by Gasteiger charge is 2.11. The fourth-order valence-corrected chi connectivity index (χ4v) is 3.51. The van der Waals surface area contributed by atoms with E-state index >= 15 is 0 Å². The van der Waals surface area contributed by atoms with Gasteiger partial charge in [0, 0.05) is 33.4 Å². The quantitative estimate of drug-likeness (QED) is 0.620. The standard InChI is InChI=1S/C19H19IN4O/c20-14-1-6-18-17(11-14)19(23-13-22-18)12-21-15-2-4-16(5-3-15)24-7-9-25-10-8-24/h1-6,11,13,21H,7-10,12H2. The van der Waals surface area contributed by atoms with Crippen LogP contribution in [0.2, 0.25) is 0 Å². The van der Waals surface area contributed by atoms with E-state index in [1.165, 1.54) is 9.26 Å². The molecule has 0 unspecified atom stereocenters. The van der Waals surface area contributed by atoms with Gasteiger partial charge < -0.3 is 15.0 Å². The lowest BCUT2D eigenvalue weighted by atomic mass is 10.2. The van der Waals surface area contributed by atoms with E-state index in [1.54, 1.807) is 6.33 Å². The van der Waals surface area contributed by atoms with Gasteiger partial charge in [-0.3, -0.25) is 0 Å². The van der Waals surface area contributed by atoms with Crippen molar-refractivity contribution in [3.63, 3.8) is 0 Å². The minimum Gasteiger partial charge on any atom is -0.379 e. The first-order valence-electron chi connectivity index (χ1n) is 8.35. The molecule has 2 aromatic carbocycles. The zero-order valence-corrected chi connectivity index (χ0v) is 15.9. The van der Waals surface area contributed by atoms with Crippen molar-refractivity contribution in [3.05, 3.63) is 58.1 Å². The van der Waals surface area contributed by atoms with Crippen molar-refractivity contribution < 1.29 is 4.74 Å². The number of rotatable bonds is 4. The summed E-state index contributed by atoms with van der Waals surface area (Å²) in [4.78, 5) is 11.2. The van der Waals surface area contributed by atoms with E-state index in [0.717, 1.165) is 48.6 Å². The summed E-state index contributed by atoms with van der Waals surface area (Å²) in [5, 5.41) is 4.57. The number of morpholine rings is 1. The highest BCUT2D eigenvalue weighted by Crippen LogP contribution is 2.21. The third-order valence-corrected chi connectivity index (χ3v) is 5.05. The average molecular weight is 446 g/mol. The molecular formula is C19H19IN4O. The third kappa shape index (κ3) is 3.85. The van der Waals surface area contributed by atoms with Crippen LogP contribution in [0.4, 0.5) is 11.4 Å². The molecule has 6 heteroatoms. The minimum absolute atomic E-state index is 0.677. The van der Waals surface area contributed by atoms with E-state index in [4.69, 9.17) is 4.74 Å². The van der Waals surface area contributed by atoms with E-state index in [9.17, 15) is 0 Å². The van der Waals surface area contributed by atoms with Crippen molar-refractivity contribution in [1.29, 1.82) is 0 Å². The number of anilines is 2. The SMILES string of the molecule is Ic1ccc2ncnc(CNc3ccc(N4CCOCC4)cc3)c2c1. The second kappa shape index (κ2) is 7.53. The van der Waals surface area contributed by atoms with Crippen molar-refractivity contribution in [2.24, 2.45) is 0 Å². The lowest BCUT2D eigenvalue weighted by Gasteiger charge is -2.28. The fraction of sp³-hybridized carbons (Fsp3) is 0.263. The summed E-state index contributed by atoms with van der Waals surface area (Å²) in [6.45, 7) is 4.20. The fourth-order valence-electron chi connectivity index (χ4n) is 3.02. The van der Waals surface area contributed by atoms with Gasteiger partial charge in [0.2, 0.25) is 0 Å². The highest BCUT2D eigenvalue weighted by atomic mass is 127. The molecule has 0 spiro atoms. The first-order valence-corrected chi connectivity index (χ1v) is 9.43. The van der Waals surface area contributed by atoms with E-state index in [0.29, 0.717) is 6.54 Å². The molecule has 0 bridgehead atoms. The van der Waals surface area contributed by atoms with Crippen LogP contribution >= 0.6 is 22.6 Å². The maximum atomic E-state index is 5.41. The Morgan fingerprint density at radius 1 is 1.04 bits per heavy atom. The van der Waals surface area contributed by atoms with Crippen molar-refractivity contribution in [3.8, 4) is 0 Å². The Morgan fingerprint density at radius 3 is 2.64 bits per heavy atom. The zero-order valence-electron chi connectivity index (χ0n) is 13.8. The van der Waals surface area contributed by atoms with Crippen LogP contribution in [0.15, 0.2) is 48.8 Å². The van der Waals surface area contributed by atoms with Crippen molar-refractivity contribution in [1.82, 2.24) is 9.97 Å². The van der Waals surface area contributed by atoms with Crippen molar-refractivity contribution in [2.45, 2.75) is 6.54 Å². The molecule has 2 heterocycles. The number of fused-ring (bicyclic) bond motifs is 1. The van der Waals surface area contributed by atoms with E-state index in [-0.39, 0.29) is 0 Å². The molecule has 1 saturated heterocycles. The number of ether oxygens (including phenoxy) is 1. The lowest BCUT2D eigenvalue weighted by molar-refractivity contribution is 0.122. The monoisotopic (exact) mass is 446 g/mol. The van der Waals surface area contributed by atoms with Crippen molar-refractivity contribution >= 4 is 44.9 Å². The van der Waals surface area contributed by atoms with Crippen LogP contribution in [-0.4, -0.2) is 36.3 Å². The summed E-state index contributed by atoms with van der Waals surface area (Å²) in [5.74, 6) is 0. The van der Waals surface area contributed by atoms with Gasteiger partial charge in [-0.15, -0.1) is 0 Å². The Balaban J connectivity index is 1.47. The highest BCUT2D eigenvalue weighted by molar-refractivity contribution is 14.1. The summed E-state index contributed by atoms with van der Waals surface area (Å²) >= 11 is 2.32. The molecule has 3 aromatic rings. The van der Waals surface area contributed by atoms with Crippen LogP contribution in [-0.2, 0) is 11.3 Å². The number of aromatic nitrogens is 2. The number of hydrogen-bond donors (Lipinski definition) is 1. The Hall–Kier alpha value is -1.93. The van der Waals surface area contributed by atoms with E-state index in [2.05, 4.69) is 79.2 Å². The zero-order chi connectivity index (χ0) is 17.1. The van der Waals surface area contributed by atoms with Gasteiger partial charge in [-0.1, -0.05) is 0 Å². The number of benzene rings is 2. The van der Waals surface area contributed by atoms with Crippen LogP contribution in [0.25, 0.3) is 10.9 Å². The number of hydrogen-bond acceptors (Lipinski definition) is 5. The molecule has 1 fully saturated rings. The topological polar surface area (TPSA) is 50.3 Å².